The molecule has 0 spiro atoms. The predicted octanol–water partition coefficient (Wildman–Crippen LogP) is 5.42. The molecular formula is C22H19ClN2O2. The Bertz CT molecular complexity index is 938. The van der Waals surface area contributed by atoms with Crippen molar-refractivity contribution in [2.75, 3.05) is 11.9 Å². The predicted molar refractivity (Wildman–Crippen MR) is 110 cm³/mol. The molecule has 1 N–H and O–H groups in total. The molecule has 3 aromatic carbocycles. The van der Waals surface area contributed by atoms with Crippen molar-refractivity contribution in [3.8, 4) is 5.75 Å². The molecule has 136 valence electrons. The number of amides is 1. The number of para-hydroxylation sites is 1. The van der Waals surface area contributed by atoms with E-state index in [1.165, 1.54) is 0 Å². The van der Waals surface area contributed by atoms with Gasteiger partial charge in [0.25, 0.3) is 5.91 Å². The Morgan fingerprint density at radius 2 is 1.78 bits per heavy atom. The lowest BCUT2D eigenvalue weighted by Crippen LogP contribution is -2.20. The fraction of sp³-hybridized carbons (Fsp3) is 0.0909. The van der Waals surface area contributed by atoms with Crippen LogP contribution in [0.25, 0.3) is 0 Å². The van der Waals surface area contributed by atoms with Gasteiger partial charge >= 0.3 is 0 Å². The van der Waals surface area contributed by atoms with Crippen LogP contribution in [0.1, 0.15) is 11.1 Å². The van der Waals surface area contributed by atoms with E-state index < -0.39 is 0 Å². The fourth-order valence-corrected chi connectivity index (χ4v) is 2.57. The molecule has 0 aromatic heterocycles. The highest BCUT2D eigenvalue weighted by Gasteiger charge is 2.04. The molecule has 3 aromatic rings. The number of nitrogens with zero attached hydrogens (tertiary/aromatic N) is 1. The van der Waals surface area contributed by atoms with E-state index in [4.69, 9.17) is 16.3 Å². The van der Waals surface area contributed by atoms with E-state index in [-0.39, 0.29) is 12.5 Å². The number of nitrogens with one attached hydrogen (secondary N) is 1. The summed E-state index contributed by atoms with van der Waals surface area (Å²) in [6, 6.07) is 22.3. The van der Waals surface area contributed by atoms with Gasteiger partial charge in [-0.2, -0.15) is 0 Å². The maximum Gasteiger partial charge on any atom is 0.262 e. The summed E-state index contributed by atoms with van der Waals surface area (Å²) in [5, 5.41) is 3.47. The summed E-state index contributed by atoms with van der Waals surface area (Å²) in [6.07, 6.45) is 1.77. The number of hydrogen-bond donors (Lipinski definition) is 1. The van der Waals surface area contributed by atoms with Gasteiger partial charge in [-0.1, -0.05) is 35.9 Å². The third kappa shape index (κ3) is 5.43. The molecule has 5 heteroatoms. The topological polar surface area (TPSA) is 50.7 Å². The van der Waals surface area contributed by atoms with Crippen LogP contribution < -0.4 is 10.1 Å². The lowest BCUT2D eigenvalue weighted by Gasteiger charge is -2.07. The van der Waals surface area contributed by atoms with E-state index in [0.717, 1.165) is 22.5 Å². The molecule has 0 atom stereocenters. The Kier molecular flexibility index (Phi) is 6.23. The minimum atomic E-state index is -0.205. The minimum Gasteiger partial charge on any atom is -0.484 e. The molecule has 0 unspecified atom stereocenters. The van der Waals surface area contributed by atoms with Crippen LogP contribution >= 0.6 is 11.6 Å². The largest absolute Gasteiger partial charge is 0.484 e. The summed E-state index contributed by atoms with van der Waals surface area (Å²) in [4.78, 5) is 16.4. The average molecular weight is 379 g/mol. The maximum absolute atomic E-state index is 11.9. The summed E-state index contributed by atoms with van der Waals surface area (Å²) >= 11 is 6.10. The summed E-state index contributed by atoms with van der Waals surface area (Å²) in [5.74, 6) is 0.414. The Hall–Kier alpha value is -3.11. The van der Waals surface area contributed by atoms with E-state index in [2.05, 4.69) is 10.3 Å². The standard InChI is InChI=1S/C22H19ClN2O2/c1-16-20(23)8-5-9-21(16)24-14-17-10-12-19(13-11-17)27-15-22(26)25-18-6-3-2-4-7-18/h2-14H,15H2,1H3,(H,25,26). The normalized spacial score (nSPS) is 10.7. The van der Waals surface area contributed by atoms with Crippen molar-refractivity contribution in [3.05, 3.63) is 88.9 Å². The first kappa shape index (κ1) is 18.7. The van der Waals surface area contributed by atoms with Gasteiger partial charge in [-0.05, 0) is 66.6 Å². The Balaban J connectivity index is 1.55. The monoisotopic (exact) mass is 378 g/mol. The molecule has 4 nitrogen and oxygen atoms in total. The SMILES string of the molecule is Cc1c(Cl)cccc1N=Cc1ccc(OCC(=O)Nc2ccccc2)cc1. The summed E-state index contributed by atoms with van der Waals surface area (Å²) in [5.41, 5.74) is 3.45. The molecule has 0 heterocycles. The maximum atomic E-state index is 11.9. The third-order valence-electron chi connectivity index (χ3n) is 3.90. The molecule has 3 rings (SSSR count). The number of hydrogen-bond acceptors (Lipinski definition) is 3. The van der Waals surface area contributed by atoms with Gasteiger partial charge in [0.2, 0.25) is 0 Å². The molecule has 0 fully saturated rings. The zero-order valence-electron chi connectivity index (χ0n) is 14.9. The second-order valence-corrected chi connectivity index (χ2v) is 6.32. The van der Waals surface area contributed by atoms with Gasteiger partial charge < -0.3 is 10.1 Å². The van der Waals surface area contributed by atoms with E-state index in [0.29, 0.717) is 10.8 Å². The van der Waals surface area contributed by atoms with Crippen molar-refractivity contribution in [1.29, 1.82) is 0 Å². The van der Waals surface area contributed by atoms with Gasteiger partial charge in [0.15, 0.2) is 6.61 Å². The second kappa shape index (κ2) is 9.01. The second-order valence-electron chi connectivity index (χ2n) is 5.91. The van der Waals surface area contributed by atoms with Crippen molar-refractivity contribution in [3.63, 3.8) is 0 Å². The van der Waals surface area contributed by atoms with E-state index in [1.54, 1.807) is 6.21 Å². The highest BCUT2D eigenvalue weighted by atomic mass is 35.5. The molecule has 0 aliphatic rings. The molecule has 0 bridgehead atoms. The quantitative estimate of drug-likeness (QED) is 0.582. The van der Waals surface area contributed by atoms with Gasteiger partial charge in [0.05, 0.1) is 5.69 Å². The highest BCUT2D eigenvalue weighted by Crippen LogP contribution is 2.25. The van der Waals surface area contributed by atoms with Gasteiger partial charge in [0, 0.05) is 16.9 Å². The summed E-state index contributed by atoms with van der Waals surface area (Å²) in [7, 11) is 0. The summed E-state index contributed by atoms with van der Waals surface area (Å²) in [6.45, 7) is 1.89. The third-order valence-corrected chi connectivity index (χ3v) is 4.31. The van der Waals surface area contributed by atoms with Crippen molar-refractivity contribution in [1.82, 2.24) is 0 Å². The van der Waals surface area contributed by atoms with Crippen molar-refractivity contribution < 1.29 is 9.53 Å². The zero-order valence-corrected chi connectivity index (χ0v) is 15.6. The number of carbonyl (C=O) groups excluding carboxylic acids is 1. The molecule has 27 heavy (non-hydrogen) atoms. The van der Waals surface area contributed by atoms with E-state index >= 15 is 0 Å². The van der Waals surface area contributed by atoms with Gasteiger partial charge in [-0.3, -0.25) is 9.79 Å². The lowest BCUT2D eigenvalue weighted by atomic mass is 10.2. The highest BCUT2D eigenvalue weighted by molar-refractivity contribution is 6.31. The smallest absolute Gasteiger partial charge is 0.262 e. The minimum absolute atomic E-state index is 0.0515. The van der Waals surface area contributed by atoms with E-state index in [9.17, 15) is 4.79 Å². The number of ether oxygens (including phenoxy) is 1. The first-order valence-corrected chi connectivity index (χ1v) is 8.86. The van der Waals surface area contributed by atoms with Crippen LogP contribution in [-0.2, 0) is 4.79 Å². The lowest BCUT2D eigenvalue weighted by molar-refractivity contribution is -0.118. The first-order valence-electron chi connectivity index (χ1n) is 8.49. The Morgan fingerprint density at radius 3 is 2.52 bits per heavy atom. The molecular weight excluding hydrogens is 360 g/mol. The zero-order chi connectivity index (χ0) is 19.1. The van der Waals surface area contributed by atoms with Gasteiger partial charge in [-0.25, -0.2) is 0 Å². The van der Waals surface area contributed by atoms with Crippen LogP contribution in [0.3, 0.4) is 0 Å². The molecule has 0 saturated heterocycles. The number of aliphatic imine (C=N–C) groups is 1. The van der Waals surface area contributed by atoms with Crippen LogP contribution in [-0.4, -0.2) is 18.7 Å². The van der Waals surface area contributed by atoms with Crippen molar-refractivity contribution >= 4 is 35.1 Å². The first-order chi connectivity index (χ1) is 13.1. The summed E-state index contributed by atoms with van der Waals surface area (Å²) < 4.78 is 5.52. The van der Waals surface area contributed by atoms with Crippen LogP contribution in [0.15, 0.2) is 77.8 Å². The van der Waals surface area contributed by atoms with Crippen LogP contribution in [0, 0.1) is 6.92 Å². The molecule has 1 amide bonds. The molecule has 0 radical (unpaired) electrons. The van der Waals surface area contributed by atoms with Crippen LogP contribution in [0.5, 0.6) is 5.75 Å². The number of carbonyl (C=O) groups is 1. The number of rotatable bonds is 6. The number of halogens is 1. The van der Waals surface area contributed by atoms with Gasteiger partial charge in [-0.15, -0.1) is 0 Å². The van der Waals surface area contributed by atoms with Crippen molar-refractivity contribution in [2.24, 2.45) is 4.99 Å². The fourth-order valence-electron chi connectivity index (χ4n) is 2.40. The number of anilines is 1. The Labute approximate surface area is 163 Å². The molecule has 0 aliphatic heterocycles. The van der Waals surface area contributed by atoms with E-state index in [1.807, 2.05) is 79.7 Å². The molecule has 0 aliphatic carbocycles. The van der Waals surface area contributed by atoms with Crippen LogP contribution in [0.4, 0.5) is 11.4 Å². The average Bonchev–Trinajstić information content (AvgIpc) is 2.69. The van der Waals surface area contributed by atoms with Crippen LogP contribution in [0.2, 0.25) is 5.02 Å². The van der Waals surface area contributed by atoms with Gasteiger partial charge in [0.1, 0.15) is 5.75 Å². The van der Waals surface area contributed by atoms with Crippen molar-refractivity contribution in [2.45, 2.75) is 6.92 Å². The molecule has 0 saturated carbocycles. The Morgan fingerprint density at radius 1 is 1.04 bits per heavy atom. The number of benzene rings is 3.